The number of nitrogens with one attached hydrogen (secondary N) is 3. The van der Waals surface area contributed by atoms with Crippen molar-refractivity contribution >= 4 is 22.4 Å². The van der Waals surface area contributed by atoms with E-state index in [-0.39, 0.29) is 23.2 Å². The van der Waals surface area contributed by atoms with Crippen molar-refractivity contribution in [1.29, 1.82) is 0 Å². The van der Waals surface area contributed by atoms with Crippen molar-refractivity contribution in [2.75, 3.05) is 11.9 Å². The molecule has 0 aliphatic carbocycles. The predicted molar refractivity (Wildman–Crippen MR) is 76.7 cm³/mol. The lowest BCUT2D eigenvalue weighted by Crippen LogP contribution is -2.37. The molecule has 1 aromatic carbocycles. The smallest absolute Gasteiger partial charge is 0.272 e. The molecular weight excluding hydrogens is 260 g/mol. The molecule has 20 heavy (non-hydrogen) atoms. The number of anilines is 1. The molecule has 0 saturated heterocycles. The van der Waals surface area contributed by atoms with Crippen LogP contribution in [0.2, 0.25) is 0 Å². The summed E-state index contributed by atoms with van der Waals surface area (Å²) < 4.78 is 0. The summed E-state index contributed by atoms with van der Waals surface area (Å²) in [6.07, 6.45) is 0. The van der Waals surface area contributed by atoms with Gasteiger partial charge in [0.1, 0.15) is 0 Å². The molecule has 106 valence electrons. The van der Waals surface area contributed by atoms with E-state index >= 15 is 0 Å². The summed E-state index contributed by atoms with van der Waals surface area (Å²) >= 11 is 0. The van der Waals surface area contributed by atoms with Gasteiger partial charge in [0.2, 0.25) is 5.91 Å². The van der Waals surface area contributed by atoms with Crippen molar-refractivity contribution in [3.63, 3.8) is 0 Å². The lowest BCUT2D eigenvalue weighted by Gasteiger charge is -2.21. The first-order valence-electron chi connectivity index (χ1n) is 6.12. The van der Waals surface area contributed by atoms with Crippen LogP contribution in [0.1, 0.15) is 13.8 Å². The Bertz CT molecular complexity index is 773. The minimum Gasteiger partial charge on any atom is -0.329 e. The molecule has 1 heterocycles. The summed E-state index contributed by atoms with van der Waals surface area (Å²) in [6, 6.07) is 4.69. The van der Waals surface area contributed by atoms with E-state index in [4.69, 9.17) is 5.73 Å². The van der Waals surface area contributed by atoms with Gasteiger partial charge in [-0.3, -0.25) is 24.6 Å². The third-order valence-corrected chi connectivity index (χ3v) is 3.20. The van der Waals surface area contributed by atoms with Crippen molar-refractivity contribution in [3.8, 4) is 0 Å². The van der Waals surface area contributed by atoms with Crippen LogP contribution in [0, 0.1) is 5.41 Å². The van der Waals surface area contributed by atoms with Gasteiger partial charge in [-0.15, -0.1) is 0 Å². The summed E-state index contributed by atoms with van der Waals surface area (Å²) in [4.78, 5) is 35.6. The van der Waals surface area contributed by atoms with Crippen molar-refractivity contribution < 1.29 is 4.79 Å². The fraction of sp³-hybridized carbons (Fsp3) is 0.308. The van der Waals surface area contributed by atoms with Crippen LogP contribution >= 0.6 is 0 Å². The number of rotatable bonds is 3. The first-order chi connectivity index (χ1) is 9.36. The lowest BCUT2D eigenvalue weighted by molar-refractivity contribution is -0.123. The Balaban J connectivity index is 2.57. The third-order valence-electron chi connectivity index (χ3n) is 3.20. The highest BCUT2D eigenvalue weighted by molar-refractivity contribution is 6.03. The molecule has 0 aliphatic rings. The van der Waals surface area contributed by atoms with E-state index in [1.165, 1.54) is 6.07 Å². The van der Waals surface area contributed by atoms with Gasteiger partial charge in [-0.2, -0.15) is 0 Å². The molecule has 0 unspecified atom stereocenters. The number of aromatic nitrogens is 2. The van der Waals surface area contributed by atoms with Crippen LogP contribution in [0.25, 0.3) is 10.8 Å². The van der Waals surface area contributed by atoms with Gasteiger partial charge in [-0.05, 0) is 26.0 Å². The van der Waals surface area contributed by atoms with E-state index in [1.54, 1.807) is 26.0 Å². The number of carbonyl (C=O) groups is 1. The van der Waals surface area contributed by atoms with Crippen LogP contribution < -0.4 is 22.2 Å². The SMILES string of the molecule is CC(C)(CN)C(=O)Nc1cccc2c(=O)[nH][nH]c(=O)c12. The zero-order chi connectivity index (χ0) is 14.9. The Hall–Kier alpha value is -2.41. The van der Waals surface area contributed by atoms with Crippen LogP contribution in [-0.2, 0) is 4.79 Å². The van der Waals surface area contributed by atoms with Crippen LogP contribution in [0.3, 0.4) is 0 Å². The molecule has 7 nitrogen and oxygen atoms in total. The fourth-order valence-electron chi connectivity index (χ4n) is 1.72. The Kier molecular flexibility index (Phi) is 3.46. The first kappa shape index (κ1) is 14.0. The highest BCUT2D eigenvalue weighted by Gasteiger charge is 2.26. The first-order valence-corrected chi connectivity index (χ1v) is 6.12. The molecule has 5 N–H and O–H groups in total. The number of amides is 1. The highest BCUT2D eigenvalue weighted by atomic mass is 16.2. The predicted octanol–water partition coefficient (Wildman–Crippen LogP) is 0.140. The Morgan fingerprint density at radius 2 is 1.90 bits per heavy atom. The second kappa shape index (κ2) is 4.93. The average Bonchev–Trinajstić information content (AvgIpc) is 2.43. The van der Waals surface area contributed by atoms with Gasteiger partial charge in [0, 0.05) is 6.54 Å². The van der Waals surface area contributed by atoms with E-state index in [9.17, 15) is 14.4 Å². The molecule has 0 atom stereocenters. The molecule has 0 bridgehead atoms. The van der Waals surface area contributed by atoms with Crippen LogP contribution in [-0.4, -0.2) is 22.6 Å². The molecule has 2 aromatic rings. The van der Waals surface area contributed by atoms with E-state index in [2.05, 4.69) is 15.5 Å². The van der Waals surface area contributed by atoms with Crippen LogP contribution in [0.5, 0.6) is 0 Å². The van der Waals surface area contributed by atoms with Gasteiger partial charge in [0.25, 0.3) is 11.1 Å². The quantitative estimate of drug-likeness (QED) is 0.637. The van der Waals surface area contributed by atoms with Crippen molar-refractivity contribution in [2.45, 2.75) is 13.8 Å². The number of hydrogen-bond acceptors (Lipinski definition) is 4. The zero-order valence-electron chi connectivity index (χ0n) is 11.2. The van der Waals surface area contributed by atoms with Gasteiger partial charge in [0.05, 0.1) is 21.9 Å². The normalized spacial score (nSPS) is 11.6. The molecular formula is C13H16N4O3. The summed E-state index contributed by atoms with van der Waals surface area (Å²) in [6.45, 7) is 3.57. The second-order valence-corrected chi connectivity index (χ2v) is 5.18. The Morgan fingerprint density at radius 3 is 2.55 bits per heavy atom. The minimum atomic E-state index is -0.768. The standard InChI is InChI=1S/C13H16N4O3/c1-13(2,6-14)12(20)15-8-5-3-4-7-9(8)11(19)17-16-10(7)18/h3-5H,6,14H2,1-2H3,(H,15,20)(H,16,18)(H,17,19). The van der Waals surface area contributed by atoms with Gasteiger partial charge >= 0.3 is 0 Å². The maximum Gasteiger partial charge on any atom is 0.272 e. The monoisotopic (exact) mass is 276 g/mol. The van der Waals surface area contributed by atoms with Gasteiger partial charge in [-0.25, -0.2) is 0 Å². The summed E-state index contributed by atoms with van der Waals surface area (Å²) in [7, 11) is 0. The summed E-state index contributed by atoms with van der Waals surface area (Å²) in [5.74, 6) is -0.313. The number of benzene rings is 1. The topological polar surface area (TPSA) is 121 Å². The molecule has 0 aliphatic heterocycles. The van der Waals surface area contributed by atoms with Crippen molar-refractivity contribution in [1.82, 2.24) is 10.2 Å². The second-order valence-electron chi connectivity index (χ2n) is 5.18. The highest BCUT2D eigenvalue weighted by Crippen LogP contribution is 2.21. The van der Waals surface area contributed by atoms with Crippen LogP contribution in [0.4, 0.5) is 5.69 Å². The maximum atomic E-state index is 12.1. The lowest BCUT2D eigenvalue weighted by atomic mass is 9.92. The number of nitrogens with two attached hydrogens (primary N) is 1. The average molecular weight is 276 g/mol. The van der Waals surface area contributed by atoms with Gasteiger partial charge in [0.15, 0.2) is 0 Å². The van der Waals surface area contributed by atoms with E-state index < -0.39 is 16.5 Å². The van der Waals surface area contributed by atoms with Gasteiger partial charge < -0.3 is 11.1 Å². The number of hydrogen-bond donors (Lipinski definition) is 4. The molecule has 0 radical (unpaired) electrons. The van der Waals surface area contributed by atoms with Crippen molar-refractivity contribution in [2.24, 2.45) is 11.1 Å². The number of fused-ring (bicyclic) bond motifs is 1. The molecule has 0 spiro atoms. The summed E-state index contributed by atoms with van der Waals surface area (Å²) in [5, 5.41) is 7.50. The largest absolute Gasteiger partial charge is 0.329 e. The number of carbonyl (C=O) groups excluding carboxylic acids is 1. The Morgan fingerprint density at radius 1 is 1.25 bits per heavy atom. The van der Waals surface area contributed by atoms with E-state index in [0.29, 0.717) is 5.69 Å². The van der Waals surface area contributed by atoms with Crippen molar-refractivity contribution in [3.05, 3.63) is 38.9 Å². The van der Waals surface area contributed by atoms with E-state index in [1.807, 2.05) is 0 Å². The molecule has 1 amide bonds. The molecule has 1 aromatic heterocycles. The number of H-pyrrole nitrogens is 2. The molecule has 0 saturated carbocycles. The summed E-state index contributed by atoms with van der Waals surface area (Å²) in [5.41, 5.74) is 4.18. The third kappa shape index (κ3) is 2.35. The molecule has 7 heteroatoms. The number of aromatic amines is 2. The fourth-order valence-corrected chi connectivity index (χ4v) is 1.72. The molecule has 0 fully saturated rings. The molecule has 2 rings (SSSR count). The van der Waals surface area contributed by atoms with Crippen LogP contribution in [0.15, 0.2) is 27.8 Å². The van der Waals surface area contributed by atoms with Gasteiger partial charge in [-0.1, -0.05) is 6.07 Å². The maximum absolute atomic E-state index is 12.1. The Labute approximate surface area is 114 Å². The zero-order valence-corrected chi connectivity index (χ0v) is 11.2. The minimum absolute atomic E-state index is 0.150. The van der Waals surface area contributed by atoms with E-state index in [0.717, 1.165) is 0 Å².